The molecule has 29 heavy (non-hydrogen) atoms. The number of benzene rings is 2. The van der Waals surface area contributed by atoms with Gasteiger partial charge in [0, 0.05) is 19.6 Å². The van der Waals surface area contributed by atoms with Crippen LogP contribution in [0, 0.1) is 0 Å². The molecule has 152 valence electrons. The Bertz CT molecular complexity index is 959. The Balaban J connectivity index is 1.63. The Hall–Kier alpha value is -3.23. The van der Waals surface area contributed by atoms with E-state index in [1.165, 1.54) is 17.0 Å². The van der Waals surface area contributed by atoms with Gasteiger partial charge in [-0.15, -0.1) is 0 Å². The lowest BCUT2D eigenvalue weighted by atomic mass is 10.00. The summed E-state index contributed by atoms with van der Waals surface area (Å²) in [5, 5.41) is 9.18. The summed E-state index contributed by atoms with van der Waals surface area (Å²) in [7, 11) is 0. The van der Waals surface area contributed by atoms with Crippen LogP contribution in [0.3, 0.4) is 0 Å². The van der Waals surface area contributed by atoms with Crippen molar-refractivity contribution in [3.63, 3.8) is 0 Å². The number of carbonyl (C=O) groups excluding carboxylic acids is 1. The van der Waals surface area contributed by atoms with Crippen molar-refractivity contribution in [2.75, 3.05) is 26.2 Å². The monoisotopic (exact) mass is 406 g/mol. The summed E-state index contributed by atoms with van der Waals surface area (Å²) in [6.07, 6.45) is -5.45. The van der Waals surface area contributed by atoms with Crippen LogP contribution in [0.15, 0.2) is 42.5 Å². The van der Waals surface area contributed by atoms with E-state index >= 15 is 0 Å². The van der Waals surface area contributed by atoms with Gasteiger partial charge in [-0.3, -0.25) is 4.79 Å². The molecule has 0 unspecified atom stereocenters. The molecule has 2 aromatic rings. The zero-order valence-electron chi connectivity index (χ0n) is 15.1. The van der Waals surface area contributed by atoms with Crippen molar-refractivity contribution in [3.05, 3.63) is 53.6 Å². The van der Waals surface area contributed by atoms with E-state index in [2.05, 4.69) is 0 Å². The Morgan fingerprint density at radius 3 is 2.41 bits per heavy atom. The van der Waals surface area contributed by atoms with Crippen molar-refractivity contribution < 1.29 is 32.6 Å². The van der Waals surface area contributed by atoms with Crippen LogP contribution in [-0.4, -0.2) is 59.2 Å². The second kappa shape index (κ2) is 6.98. The van der Waals surface area contributed by atoms with E-state index in [0.717, 1.165) is 12.1 Å². The Morgan fingerprint density at radius 2 is 1.76 bits per heavy atom. The standard InChI is InChI=1S/C20H17F3N2O4/c21-20(22,23)14-4-1-12(2-5-14)13-3-6-17-16(9-13)18(26)25-8-7-24(19(27)28)10-15(25)11-29-17/h1-6,9,15H,7-8,10-11H2,(H,27,28)/t15-/m1/s1. The molecular formula is C20H17F3N2O4. The fourth-order valence-corrected chi connectivity index (χ4v) is 3.63. The molecule has 2 aliphatic rings. The molecule has 1 atom stereocenters. The molecule has 0 aliphatic carbocycles. The number of ether oxygens (including phenoxy) is 1. The largest absolute Gasteiger partial charge is 0.491 e. The van der Waals surface area contributed by atoms with Crippen molar-refractivity contribution >= 4 is 12.0 Å². The molecule has 2 aromatic carbocycles. The lowest BCUT2D eigenvalue weighted by Gasteiger charge is -2.38. The van der Waals surface area contributed by atoms with E-state index in [4.69, 9.17) is 4.74 Å². The lowest BCUT2D eigenvalue weighted by molar-refractivity contribution is -0.137. The van der Waals surface area contributed by atoms with Crippen LogP contribution in [0.25, 0.3) is 11.1 Å². The third kappa shape index (κ3) is 3.59. The first-order valence-corrected chi connectivity index (χ1v) is 8.97. The molecule has 0 saturated carbocycles. The fraction of sp³-hybridized carbons (Fsp3) is 0.300. The second-order valence-corrected chi connectivity index (χ2v) is 6.98. The van der Waals surface area contributed by atoms with Crippen LogP contribution < -0.4 is 4.74 Å². The van der Waals surface area contributed by atoms with Gasteiger partial charge >= 0.3 is 12.3 Å². The van der Waals surface area contributed by atoms with Gasteiger partial charge in [-0.25, -0.2) is 4.79 Å². The zero-order chi connectivity index (χ0) is 20.8. The molecule has 2 aliphatic heterocycles. The molecule has 1 N–H and O–H groups in total. The number of fused-ring (bicyclic) bond motifs is 2. The van der Waals surface area contributed by atoms with E-state index < -0.39 is 23.9 Å². The predicted octanol–water partition coefficient (Wildman–Crippen LogP) is 3.57. The van der Waals surface area contributed by atoms with Gasteiger partial charge < -0.3 is 19.6 Å². The molecule has 2 amide bonds. The first-order valence-electron chi connectivity index (χ1n) is 8.97. The van der Waals surface area contributed by atoms with E-state index in [1.54, 1.807) is 23.1 Å². The summed E-state index contributed by atoms with van der Waals surface area (Å²) in [6, 6.07) is 9.24. The molecule has 6 nitrogen and oxygen atoms in total. The van der Waals surface area contributed by atoms with Gasteiger partial charge in [0.05, 0.1) is 17.2 Å². The van der Waals surface area contributed by atoms with E-state index in [-0.39, 0.29) is 32.1 Å². The molecule has 1 saturated heterocycles. The van der Waals surface area contributed by atoms with Crippen LogP contribution in [0.5, 0.6) is 5.75 Å². The minimum absolute atomic E-state index is 0.167. The predicted molar refractivity (Wildman–Crippen MR) is 96.8 cm³/mol. The molecule has 2 heterocycles. The lowest BCUT2D eigenvalue weighted by Crippen LogP contribution is -2.57. The minimum Gasteiger partial charge on any atom is -0.491 e. The summed E-state index contributed by atoms with van der Waals surface area (Å²) in [5.74, 6) is 0.100. The molecule has 0 spiro atoms. The molecule has 0 bridgehead atoms. The van der Waals surface area contributed by atoms with E-state index in [1.807, 2.05) is 0 Å². The smallest absolute Gasteiger partial charge is 0.416 e. The van der Waals surface area contributed by atoms with Gasteiger partial charge in [-0.05, 0) is 35.4 Å². The average Bonchev–Trinajstić information content (AvgIpc) is 2.84. The maximum Gasteiger partial charge on any atom is 0.416 e. The normalized spacial score (nSPS) is 19.1. The number of hydrogen-bond acceptors (Lipinski definition) is 3. The SMILES string of the molecule is O=C(O)N1CCN2C(=O)c3cc(-c4ccc(C(F)(F)F)cc4)ccc3OC[C@H]2C1. The summed E-state index contributed by atoms with van der Waals surface area (Å²) < 4.78 is 44.1. The first kappa shape index (κ1) is 19.1. The number of alkyl halides is 3. The van der Waals surface area contributed by atoms with Crippen molar-refractivity contribution in [1.29, 1.82) is 0 Å². The summed E-state index contributed by atoms with van der Waals surface area (Å²) in [4.78, 5) is 27.1. The van der Waals surface area contributed by atoms with Crippen molar-refractivity contribution in [1.82, 2.24) is 9.80 Å². The molecular weight excluding hydrogens is 389 g/mol. The zero-order valence-corrected chi connectivity index (χ0v) is 15.1. The van der Waals surface area contributed by atoms with Crippen molar-refractivity contribution in [2.24, 2.45) is 0 Å². The van der Waals surface area contributed by atoms with Crippen molar-refractivity contribution in [2.45, 2.75) is 12.2 Å². The summed E-state index contributed by atoms with van der Waals surface area (Å²) in [5.41, 5.74) is 0.713. The molecule has 9 heteroatoms. The van der Waals surface area contributed by atoms with Crippen LogP contribution >= 0.6 is 0 Å². The van der Waals surface area contributed by atoms with Crippen LogP contribution in [0.2, 0.25) is 0 Å². The van der Waals surface area contributed by atoms with Crippen molar-refractivity contribution in [3.8, 4) is 16.9 Å². The molecule has 0 radical (unpaired) electrons. The number of hydrogen-bond donors (Lipinski definition) is 1. The first-order chi connectivity index (χ1) is 13.7. The van der Waals surface area contributed by atoms with Gasteiger partial charge in [0.1, 0.15) is 12.4 Å². The van der Waals surface area contributed by atoms with Gasteiger partial charge in [-0.2, -0.15) is 13.2 Å². The summed E-state index contributed by atoms with van der Waals surface area (Å²) in [6.45, 7) is 0.803. The number of carbonyl (C=O) groups is 2. The van der Waals surface area contributed by atoms with Gasteiger partial charge in [0.2, 0.25) is 0 Å². The number of halogens is 3. The van der Waals surface area contributed by atoms with Gasteiger partial charge in [0.15, 0.2) is 0 Å². The minimum atomic E-state index is -4.41. The highest BCUT2D eigenvalue weighted by Crippen LogP contribution is 2.34. The number of carboxylic acid groups (broad SMARTS) is 1. The maximum absolute atomic E-state index is 13.0. The van der Waals surface area contributed by atoms with Gasteiger partial charge in [0.25, 0.3) is 5.91 Å². The highest BCUT2D eigenvalue weighted by Gasteiger charge is 2.37. The maximum atomic E-state index is 13.0. The number of piperazine rings is 1. The highest BCUT2D eigenvalue weighted by molar-refractivity contribution is 5.99. The third-order valence-electron chi connectivity index (χ3n) is 5.20. The van der Waals surface area contributed by atoms with E-state index in [9.17, 15) is 27.9 Å². The molecule has 1 fully saturated rings. The second-order valence-electron chi connectivity index (χ2n) is 6.98. The fourth-order valence-electron chi connectivity index (χ4n) is 3.63. The highest BCUT2D eigenvalue weighted by atomic mass is 19.4. The number of rotatable bonds is 1. The quantitative estimate of drug-likeness (QED) is 0.786. The molecule has 0 aromatic heterocycles. The van der Waals surface area contributed by atoms with Crippen LogP contribution in [0.4, 0.5) is 18.0 Å². The third-order valence-corrected chi connectivity index (χ3v) is 5.20. The summed E-state index contributed by atoms with van der Waals surface area (Å²) >= 11 is 0. The average molecular weight is 406 g/mol. The Kier molecular flexibility index (Phi) is 4.60. The van der Waals surface area contributed by atoms with Crippen LogP contribution in [0.1, 0.15) is 15.9 Å². The Morgan fingerprint density at radius 1 is 1.07 bits per heavy atom. The van der Waals surface area contributed by atoms with Crippen LogP contribution in [-0.2, 0) is 6.18 Å². The Labute approximate surface area is 164 Å². The number of nitrogens with zero attached hydrogens (tertiary/aromatic N) is 2. The van der Waals surface area contributed by atoms with E-state index in [0.29, 0.717) is 22.4 Å². The van der Waals surface area contributed by atoms with Gasteiger partial charge in [-0.1, -0.05) is 18.2 Å². The topological polar surface area (TPSA) is 70.1 Å². The number of amides is 2. The molecule has 4 rings (SSSR count).